The van der Waals surface area contributed by atoms with Gasteiger partial charge in [-0.2, -0.15) is 0 Å². The molecule has 0 bridgehead atoms. The zero-order valence-corrected chi connectivity index (χ0v) is 23.1. The van der Waals surface area contributed by atoms with E-state index in [-0.39, 0.29) is 12.1 Å². The molecule has 1 aliphatic rings. The molecule has 202 valence electrons. The largest absolute Gasteiger partial charge is 0.481 e. The predicted molar refractivity (Wildman–Crippen MR) is 155 cm³/mol. The van der Waals surface area contributed by atoms with Crippen LogP contribution in [0.4, 0.5) is 4.79 Å². The fourth-order valence-electron chi connectivity index (χ4n) is 5.02. The van der Waals surface area contributed by atoms with E-state index in [9.17, 15) is 4.79 Å². The van der Waals surface area contributed by atoms with Gasteiger partial charge in [0.2, 0.25) is 5.88 Å². The van der Waals surface area contributed by atoms with Crippen molar-refractivity contribution in [3.63, 3.8) is 0 Å². The lowest BCUT2D eigenvalue weighted by Gasteiger charge is -2.35. The van der Waals surface area contributed by atoms with Crippen LogP contribution in [0.25, 0.3) is 33.2 Å². The number of hydrogen-bond donors (Lipinski definition) is 0. The van der Waals surface area contributed by atoms with Crippen molar-refractivity contribution < 1.29 is 19.0 Å². The lowest BCUT2D eigenvalue weighted by Crippen LogP contribution is -2.45. The lowest BCUT2D eigenvalue weighted by atomic mass is 9.97. The first kappa shape index (κ1) is 26.7. The Balaban J connectivity index is 1.51. The summed E-state index contributed by atoms with van der Waals surface area (Å²) < 4.78 is 16.9. The summed E-state index contributed by atoms with van der Waals surface area (Å²) in [6.07, 6.45) is 1.30. The van der Waals surface area contributed by atoms with Crippen molar-refractivity contribution in [2.75, 3.05) is 20.3 Å². The van der Waals surface area contributed by atoms with Crippen LogP contribution in [-0.2, 0) is 16.0 Å². The van der Waals surface area contributed by atoms with Crippen LogP contribution in [0.1, 0.15) is 39.2 Å². The fourth-order valence-corrected chi connectivity index (χ4v) is 5.02. The summed E-state index contributed by atoms with van der Waals surface area (Å²) in [5.41, 5.74) is 5.75. The van der Waals surface area contributed by atoms with Crippen molar-refractivity contribution in [2.24, 2.45) is 0 Å². The maximum atomic E-state index is 13.3. The molecule has 0 saturated carbocycles. The van der Waals surface area contributed by atoms with Crippen LogP contribution >= 0.6 is 0 Å². The highest BCUT2D eigenvalue weighted by molar-refractivity contribution is 5.96. The standard InChI is InChI=1S/C33H36N2O4/c1-33(2,3)39-32(36)35(27-16-18-38-19-17-27)22-23-10-15-30-29(20-23)28(21-31(34-30)37-4)26-13-11-25(12-14-26)24-8-6-5-7-9-24/h5-15,20-21,27H,16-19,22H2,1-4H3. The minimum Gasteiger partial charge on any atom is -0.481 e. The van der Waals surface area contributed by atoms with E-state index in [1.165, 1.54) is 5.56 Å². The third-order valence-corrected chi connectivity index (χ3v) is 6.97. The van der Waals surface area contributed by atoms with E-state index in [2.05, 4.69) is 42.5 Å². The highest BCUT2D eigenvalue weighted by Crippen LogP contribution is 2.34. The summed E-state index contributed by atoms with van der Waals surface area (Å²) in [7, 11) is 1.64. The molecule has 1 amide bonds. The van der Waals surface area contributed by atoms with E-state index in [1.807, 2.05) is 62.1 Å². The molecule has 0 N–H and O–H groups in total. The topological polar surface area (TPSA) is 60.9 Å². The Morgan fingerprint density at radius 3 is 2.26 bits per heavy atom. The molecule has 39 heavy (non-hydrogen) atoms. The number of nitrogens with zero attached hydrogens (tertiary/aromatic N) is 2. The zero-order chi connectivity index (χ0) is 27.4. The zero-order valence-electron chi connectivity index (χ0n) is 23.1. The number of methoxy groups -OCH3 is 1. The van der Waals surface area contributed by atoms with Gasteiger partial charge in [0.25, 0.3) is 0 Å². The second-order valence-corrected chi connectivity index (χ2v) is 11.0. The predicted octanol–water partition coefficient (Wildman–Crippen LogP) is 7.49. The summed E-state index contributed by atoms with van der Waals surface area (Å²) in [5, 5.41) is 1.01. The fraction of sp³-hybridized carbons (Fsp3) is 0.333. The minimum absolute atomic E-state index is 0.0725. The number of fused-ring (bicyclic) bond motifs is 1. The lowest BCUT2D eigenvalue weighted by molar-refractivity contribution is -0.00807. The van der Waals surface area contributed by atoms with Gasteiger partial charge in [0, 0.05) is 37.3 Å². The maximum absolute atomic E-state index is 13.3. The van der Waals surface area contributed by atoms with Crippen molar-refractivity contribution in [2.45, 2.75) is 51.8 Å². The molecule has 0 atom stereocenters. The summed E-state index contributed by atoms with van der Waals surface area (Å²) in [6, 6.07) is 27.1. The first-order valence-corrected chi connectivity index (χ1v) is 13.5. The van der Waals surface area contributed by atoms with Crippen molar-refractivity contribution in [1.29, 1.82) is 0 Å². The van der Waals surface area contributed by atoms with Crippen LogP contribution in [0.15, 0.2) is 78.9 Å². The first-order chi connectivity index (χ1) is 18.8. The quantitative estimate of drug-likeness (QED) is 0.261. The SMILES string of the molecule is COc1cc(-c2ccc(-c3ccccc3)cc2)c2cc(CN(C(=O)OC(C)(C)C)C3CCOCC3)ccc2n1. The molecule has 4 aromatic rings. The summed E-state index contributed by atoms with van der Waals surface area (Å²) in [5.74, 6) is 0.565. The van der Waals surface area contributed by atoms with Gasteiger partial charge in [-0.3, -0.25) is 0 Å². The van der Waals surface area contributed by atoms with Crippen molar-refractivity contribution in [3.05, 3.63) is 84.4 Å². The van der Waals surface area contributed by atoms with Crippen molar-refractivity contribution in [3.8, 4) is 28.1 Å². The normalized spacial score (nSPS) is 14.3. The number of ether oxygens (including phenoxy) is 3. The molecular formula is C33H36N2O4. The minimum atomic E-state index is -0.566. The Labute approximate surface area is 230 Å². The molecule has 3 aromatic carbocycles. The Morgan fingerprint density at radius 1 is 0.923 bits per heavy atom. The Bertz CT molecular complexity index is 1420. The number of rotatable bonds is 6. The molecular weight excluding hydrogens is 488 g/mol. The monoisotopic (exact) mass is 524 g/mol. The van der Waals surface area contributed by atoms with Crippen LogP contribution in [0.2, 0.25) is 0 Å². The Morgan fingerprint density at radius 2 is 1.59 bits per heavy atom. The van der Waals surface area contributed by atoms with Gasteiger partial charge < -0.3 is 19.1 Å². The van der Waals surface area contributed by atoms with Crippen LogP contribution in [-0.4, -0.2) is 47.9 Å². The molecule has 1 aliphatic heterocycles. The number of carbonyl (C=O) groups excluding carboxylic acids is 1. The average molecular weight is 525 g/mol. The molecule has 6 nitrogen and oxygen atoms in total. The van der Waals surface area contributed by atoms with Crippen LogP contribution in [0.5, 0.6) is 5.88 Å². The third kappa shape index (κ3) is 6.40. The third-order valence-electron chi connectivity index (χ3n) is 6.97. The number of aromatic nitrogens is 1. The van der Waals surface area contributed by atoms with E-state index in [0.717, 1.165) is 46.0 Å². The van der Waals surface area contributed by atoms with Crippen LogP contribution < -0.4 is 4.74 Å². The summed E-state index contributed by atoms with van der Waals surface area (Å²) in [6.45, 7) is 7.45. The molecule has 0 radical (unpaired) electrons. The van der Waals surface area contributed by atoms with Gasteiger partial charge in [0.15, 0.2) is 0 Å². The van der Waals surface area contributed by atoms with Gasteiger partial charge in [0.05, 0.1) is 12.6 Å². The Kier molecular flexibility index (Phi) is 7.84. The summed E-state index contributed by atoms with van der Waals surface area (Å²) >= 11 is 0. The highest BCUT2D eigenvalue weighted by atomic mass is 16.6. The molecule has 0 spiro atoms. The van der Waals surface area contributed by atoms with Gasteiger partial charge in [-0.25, -0.2) is 9.78 Å². The molecule has 0 unspecified atom stereocenters. The van der Waals surface area contributed by atoms with E-state index in [4.69, 9.17) is 19.2 Å². The van der Waals surface area contributed by atoms with E-state index in [0.29, 0.717) is 25.6 Å². The average Bonchev–Trinajstić information content (AvgIpc) is 2.95. The maximum Gasteiger partial charge on any atom is 0.410 e. The van der Waals surface area contributed by atoms with Gasteiger partial charge in [-0.15, -0.1) is 0 Å². The number of amides is 1. The number of pyridine rings is 1. The number of hydrogen-bond acceptors (Lipinski definition) is 5. The summed E-state index contributed by atoms with van der Waals surface area (Å²) in [4.78, 5) is 19.8. The van der Waals surface area contributed by atoms with Crippen molar-refractivity contribution >= 4 is 17.0 Å². The molecule has 6 heteroatoms. The van der Waals surface area contributed by atoms with Crippen LogP contribution in [0.3, 0.4) is 0 Å². The van der Waals surface area contributed by atoms with Gasteiger partial charge in [-0.05, 0) is 73.6 Å². The first-order valence-electron chi connectivity index (χ1n) is 13.5. The van der Waals surface area contributed by atoms with E-state index in [1.54, 1.807) is 7.11 Å². The molecule has 1 saturated heterocycles. The molecule has 5 rings (SSSR count). The highest BCUT2D eigenvalue weighted by Gasteiger charge is 2.30. The van der Waals surface area contributed by atoms with Gasteiger partial charge in [-0.1, -0.05) is 60.7 Å². The molecule has 2 heterocycles. The van der Waals surface area contributed by atoms with Gasteiger partial charge >= 0.3 is 6.09 Å². The molecule has 1 fully saturated rings. The Hall–Kier alpha value is -3.90. The second-order valence-electron chi connectivity index (χ2n) is 11.0. The molecule has 0 aliphatic carbocycles. The van der Waals surface area contributed by atoms with E-state index >= 15 is 0 Å². The van der Waals surface area contributed by atoms with Crippen LogP contribution in [0, 0.1) is 0 Å². The second kappa shape index (κ2) is 11.5. The smallest absolute Gasteiger partial charge is 0.410 e. The molecule has 1 aromatic heterocycles. The van der Waals surface area contributed by atoms with E-state index < -0.39 is 5.60 Å². The number of benzene rings is 3. The number of carbonyl (C=O) groups is 1. The van der Waals surface area contributed by atoms with Crippen molar-refractivity contribution in [1.82, 2.24) is 9.88 Å². The van der Waals surface area contributed by atoms with Gasteiger partial charge in [0.1, 0.15) is 5.60 Å².